The molecule has 6 heteroatoms. The number of benzene rings is 1. The first-order valence-corrected chi connectivity index (χ1v) is 8.91. The van der Waals surface area contributed by atoms with Gasteiger partial charge in [0.05, 0.1) is 0 Å². The van der Waals surface area contributed by atoms with Gasteiger partial charge in [0.15, 0.2) is 0 Å². The highest BCUT2D eigenvalue weighted by molar-refractivity contribution is 5.92. The molecular weight excluding hydrogens is 326 g/mol. The zero-order chi connectivity index (χ0) is 18.4. The van der Waals surface area contributed by atoms with E-state index in [0.29, 0.717) is 18.2 Å². The summed E-state index contributed by atoms with van der Waals surface area (Å²) in [5.41, 5.74) is 2.53. The topological polar surface area (TPSA) is 61.4 Å². The molecule has 1 aromatic heterocycles. The maximum atomic E-state index is 12.2. The maximum absolute atomic E-state index is 12.2. The Morgan fingerprint density at radius 3 is 2.62 bits per heavy atom. The first kappa shape index (κ1) is 18.1. The number of aryl methyl sites for hydroxylation is 1. The predicted molar refractivity (Wildman–Crippen MR) is 103 cm³/mol. The molecule has 1 amide bonds. The minimum atomic E-state index is -0.195. The van der Waals surface area contributed by atoms with Crippen molar-refractivity contribution in [1.29, 1.82) is 0 Å². The van der Waals surface area contributed by atoms with Gasteiger partial charge in [0, 0.05) is 45.0 Å². The Labute approximate surface area is 154 Å². The summed E-state index contributed by atoms with van der Waals surface area (Å²) in [6, 6.07) is 12.2. The molecule has 0 saturated carbocycles. The Bertz CT molecular complexity index is 754. The van der Waals surface area contributed by atoms with E-state index < -0.39 is 0 Å². The van der Waals surface area contributed by atoms with E-state index in [0.717, 1.165) is 38.4 Å². The second-order valence-electron chi connectivity index (χ2n) is 6.44. The van der Waals surface area contributed by atoms with Gasteiger partial charge in [-0.2, -0.15) is 0 Å². The molecule has 1 aliphatic rings. The van der Waals surface area contributed by atoms with Gasteiger partial charge in [-0.1, -0.05) is 36.4 Å². The lowest BCUT2D eigenvalue weighted by Gasteiger charge is -2.34. The van der Waals surface area contributed by atoms with Gasteiger partial charge in [-0.25, -0.2) is 9.97 Å². The first-order valence-electron chi connectivity index (χ1n) is 8.91. The lowest BCUT2D eigenvalue weighted by atomic mass is 10.2. The van der Waals surface area contributed by atoms with E-state index >= 15 is 0 Å². The van der Waals surface area contributed by atoms with Crippen LogP contribution in [0.15, 0.2) is 49.1 Å². The van der Waals surface area contributed by atoms with E-state index in [9.17, 15) is 4.79 Å². The quantitative estimate of drug-likeness (QED) is 0.807. The van der Waals surface area contributed by atoms with Crippen molar-refractivity contribution in [3.05, 3.63) is 66.0 Å². The number of nitrogens with zero attached hydrogens (tertiary/aromatic N) is 4. The molecule has 26 heavy (non-hydrogen) atoms. The van der Waals surface area contributed by atoms with Crippen molar-refractivity contribution in [3.63, 3.8) is 0 Å². The number of carbonyl (C=O) groups is 1. The van der Waals surface area contributed by atoms with E-state index in [1.54, 1.807) is 12.1 Å². The number of rotatable bonds is 6. The second kappa shape index (κ2) is 8.58. The van der Waals surface area contributed by atoms with E-state index in [1.165, 1.54) is 5.56 Å². The van der Waals surface area contributed by atoms with Crippen molar-refractivity contribution >= 4 is 11.9 Å². The van der Waals surface area contributed by atoms with Crippen LogP contribution >= 0.6 is 0 Å². The van der Waals surface area contributed by atoms with Crippen LogP contribution in [-0.2, 0) is 6.54 Å². The van der Waals surface area contributed by atoms with E-state index in [1.807, 2.05) is 13.0 Å². The van der Waals surface area contributed by atoms with Gasteiger partial charge in [0.25, 0.3) is 5.91 Å². The fraction of sp³-hybridized carbons (Fsp3) is 0.350. The first-order chi connectivity index (χ1) is 12.7. The summed E-state index contributed by atoms with van der Waals surface area (Å²) in [5, 5.41) is 2.77. The molecule has 1 aliphatic heterocycles. The van der Waals surface area contributed by atoms with Crippen LogP contribution in [0, 0.1) is 6.92 Å². The largest absolute Gasteiger partial charge is 0.347 e. The number of hydrogen-bond donors (Lipinski definition) is 1. The number of nitrogens with one attached hydrogen (secondary N) is 1. The van der Waals surface area contributed by atoms with Crippen molar-refractivity contribution in [2.24, 2.45) is 0 Å². The maximum Gasteiger partial charge on any atom is 0.270 e. The minimum Gasteiger partial charge on any atom is -0.347 e. The monoisotopic (exact) mass is 351 g/mol. The molecule has 0 unspecified atom stereocenters. The fourth-order valence-electron chi connectivity index (χ4n) is 3.01. The van der Waals surface area contributed by atoms with Crippen LogP contribution in [0.1, 0.15) is 21.7 Å². The molecule has 1 fully saturated rings. The van der Waals surface area contributed by atoms with Crippen molar-refractivity contribution in [2.75, 3.05) is 37.6 Å². The molecular formula is C20H25N5O. The van der Waals surface area contributed by atoms with Gasteiger partial charge in [-0.3, -0.25) is 9.69 Å². The normalized spacial score (nSPS) is 14.9. The zero-order valence-corrected chi connectivity index (χ0v) is 15.2. The van der Waals surface area contributed by atoms with Crippen molar-refractivity contribution < 1.29 is 4.79 Å². The van der Waals surface area contributed by atoms with Crippen LogP contribution in [0.5, 0.6) is 0 Å². The van der Waals surface area contributed by atoms with Gasteiger partial charge in [-0.15, -0.1) is 6.58 Å². The van der Waals surface area contributed by atoms with Gasteiger partial charge >= 0.3 is 0 Å². The summed E-state index contributed by atoms with van der Waals surface area (Å²) in [5.74, 6) is 0.437. The zero-order valence-electron chi connectivity index (χ0n) is 15.2. The van der Waals surface area contributed by atoms with Crippen molar-refractivity contribution in [3.8, 4) is 0 Å². The summed E-state index contributed by atoms with van der Waals surface area (Å²) in [7, 11) is 0. The highest BCUT2D eigenvalue weighted by Gasteiger charge is 2.20. The second-order valence-corrected chi connectivity index (χ2v) is 6.44. The summed E-state index contributed by atoms with van der Waals surface area (Å²) in [4.78, 5) is 25.7. The Morgan fingerprint density at radius 1 is 1.19 bits per heavy atom. The highest BCUT2D eigenvalue weighted by atomic mass is 16.1. The van der Waals surface area contributed by atoms with Crippen LogP contribution in [0.2, 0.25) is 0 Å². The number of amides is 1. The number of piperazine rings is 1. The fourth-order valence-corrected chi connectivity index (χ4v) is 3.01. The molecule has 0 radical (unpaired) electrons. The molecule has 0 bridgehead atoms. The molecule has 6 nitrogen and oxygen atoms in total. The number of carbonyl (C=O) groups excluding carboxylic acids is 1. The van der Waals surface area contributed by atoms with Crippen LogP contribution in [0.4, 0.5) is 5.95 Å². The van der Waals surface area contributed by atoms with Crippen molar-refractivity contribution in [2.45, 2.75) is 13.5 Å². The van der Waals surface area contributed by atoms with Gasteiger partial charge in [0.2, 0.25) is 5.95 Å². The molecule has 1 aromatic carbocycles. The average molecular weight is 351 g/mol. The molecule has 0 atom stereocenters. The van der Waals surface area contributed by atoms with Crippen LogP contribution in [-0.4, -0.2) is 53.5 Å². The summed E-state index contributed by atoms with van der Waals surface area (Å²) in [6.45, 7) is 10.5. The van der Waals surface area contributed by atoms with Gasteiger partial charge < -0.3 is 10.2 Å². The smallest absolute Gasteiger partial charge is 0.270 e. The average Bonchev–Trinajstić information content (AvgIpc) is 2.67. The van der Waals surface area contributed by atoms with E-state index in [4.69, 9.17) is 0 Å². The minimum absolute atomic E-state index is 0.195. The third-order valence-corrected chi connectivity index (χ3v) is 4.39. The van der Waals surface area contributed by atoms with E-state index in [2.05, 4.69) is 55.9 Å². The third-order valence-electron chi connectivity index (χ3n) is 4.39. The predicted octanol–water partition coefficient (Wildman–Crippen LogP) is 2.02. The molecule has 0 spiro atoms. The molecule has 1 saturated heterocycles. The number of hydrogen-bond acceptors (Lipinski definition) is 5. The number of aromatic nitrogens is 2. The lowest BCUT2D eigenvalue weighted by molar-refractivity contribution is 0.0952. The molecule has 2 aromatic rings. The summed E-state index contributed by atoms with van der Waals surface area (Å²) in [6.07, 6.45) is 1.65. The van der Waals surface area contributed by atoms with Crippen LogP contribution in [0.3, 0.4) is 0 Å². The third kappa shape index (κ3) is 4.67. The molecule has 136 valence electrons. The van der Waals surface area contributed by atoms with E-state index in [-0.39, 0.29) is 5.91 Å². The highest BCUT2D eigenvalue weighted by Crippen LogP contribution is 2.15. The Morgan fingerprint density at radius 2 is 1.92 bits per heavy atom. The lowest BCUT2D eigenvalue weighted by Crippen LogP contribution is -2.46. The van der Waals surface area contributed by atoms with Gasteiger partial charge in [-0.05, 0) is 18.6 Å². The standard InChI is InChI=1S/C20H25N5O/c1-3-9-21-19(26)18-14-16(2)22-20(23-18)25-12-10-24(11-13-25)15-17-7-5-4-6-8-17/h3-8,14H,1,9-13,15H2,2H3,(H,21,26). The Kier molecular flexibility index (Phi) is 5.96. The number of anilines is 1. The Balaban J connectivity index is 1.62. The molecule has 2 heterocycles. The van der Waals surface area contributed by atoms with Crippen LogP contribution < -0.4 is 10.2 Å². The summed E-state index contributed by atoms with van der Waals surface area (Å²) >= 11 is 0. The molecule has 3 rings (SSSR count). The van der Waals surface area contributed by atoms with Crippen LogP contribution in [0.25, 0.3) is 0 Å². The molecule has 0 aliphatic carbocycles. The Hall–Kier alpha value is -2.73. The SMILES string of the molecule is C=CCNC(=O)c1cc(C)nc(N2CCN(Cc3ccccc3)CC2)n1. The summed E-state index contributed by atoms with van der Waals surface area (Å²) < 4.78 is 0. The van der Waals surface area contributed by atoms with Gasteiger partial charge in [0.1, 0.15) is 5.69 Å². The molecule has 1 N–H and O–H groups in total. The van der Waals surface area contributed by atoms with Crippen molar-refractivity contribution in [1.82, 2.24) is 20.2 Å².